The fraction of sp³-hybridized carbons (Fsp3) is 0.111. The van der Waals surface area contributed by atoms with Crippen LogP contribution >= 0.6 is 15.9 Å². The highest BCUT2D eigenvalue weighted by molar-refractivity contribution is 9.10. The fourth-order valence-electron chi connectivity index (χ4n) is 1.13. The van der Waals surface area contributed by atoms with Gasteiger partial charge in [-0.3, -0.25) is 0 Å². The molecule has 0 unspecified atom stereocenters. The van der Waals surface area contributed by atoms with Crippen molar-refractivity contribution in [3.8, 4) is 11.3 Å². The van der Waals surface area contributed by atoms with E-state index in [1.165, 1.54) is 6.20 Å². The van der Waals surface area contributed by atoms with E-state index in [0.29, 0.717) is 10.4 Å². The zero-order valence-corrected chi connectivity index (χ0v) is 9.03. The van der Waals surface area contributed by atoms with Crippen molar-refractivity contribution in [3.05, 3.63) is 34.9 Å². The second-order valence-electron chi connectivity index (χ2n) is 2.87. The topological polar surface area (TPSA) is 30.7 Å². The molecule has 1 aromatic carbocycles. The second-order valence-corrected chi connectivity index (χ2v) is 3.78. The van der Waals surface area contributed by atoms with Gasteiger partial charge >= 0.3 is 6.55 Å². The molecule has 0 amide bonds. The van der Waals surface area contributed by atoms with Gasteiger partial charge in [-0.25, -0.2) is 0 Å². The molecule has 0 N–H and O–H groups in total. The Labute approximate surface area is 92.8 Å². The van der Waals surface area contributed by atoms with Crippen molar-refractivity contribution in [2.24, 2.45) is 0 Å². The maximum absolute atomic E-state index is 12.2. The Kier molecular flexibility index (Phi) is 2.77. The van der Waals surface area contributed by atoms with Crippen LogP contribution in [0.1, 0.15) is 6.55 Å². The van der Waals surface area contributed by atoms with Gasteiger partial charge in [0.1, 0.15) is 5.69 Å². The number of rotatable bonds is 2. The van der Waals surface area contributed by atoms with E-state index < -0.39 is 6.55 Å². The average Bonchev–Trinajstić information content (AvgIpc) is 2.68. The maximum atomic E-state index is 12.2. The molecule has 6 heteroatoms. The third kappa shape index (κ3) is 2.20. The van der Waals surface area contributed by atoms with Gasteiger partial charge in [-0.2, -0.15) is 13.5 Å². The predicted octanol–water partition coefficient (Wildman–Crippen LogP) is 3.10. The van der Waals surface area contributed by atoms with E-state index >= 15 is 0 Å². The van der Waals surface area contributed by atoms with E-state index in [4.69, 9.17) is 0 Å². The molecule has 3 nitrogen and oxygen atoms in total. The highest BCUT2D eigenvalue weighted by Crippen LogP contribution is 2.20. The van der Waals surface area contributed by atoms with Gasteiger partial charge < -0.3 is 0 Å². The van der Waals surface area contributed by atoms with Gasteiger partial charge in [0.05, 0.1) is 6.20 Å². The fourth-order valence-corrected chi connectivity index (χ4v) is 1.39. The molecular formula is C9H6BrF2N3. The van der Waals surface area contributed by atoms with Crippen LogP contribution in [0.5, 0.6) is 0 Å². The first-order chi connectivity index (χ1) is 7.16. The average molecular weight is 274 g/mol. The summed E-state index contributed by atoms with van der Waals surface area (Å²) >= 11 is 3.29. The number of halogens is 3. The van der Waals surface area contributed by atoms with E-state index in [2.05, 4.69) is 26.2 Å². The summed E-state index contributed by atoms with van der Waals surface area (Å²) in [5, 5.41) is 6.97. The maximum Gasteiger partial charge on any atom is 0.334 e. The zero-order chi connectivity index (χ0) is 10.8. The molecule has 0 atom stereocenters. The van der Waals surface area contributed by atoms with Crippen molar-refractivity contribution in [2.75, 3.05) is 0 Å². The first-order valence-electron chi connectivity index (χ1n) is 4.13. The van der Waals surface area contributed by atoms with Gasteiger partial charge in [-0.15, -0.1) is 5.10 Å². The Balaban J connectivity index is 2.33. The third-order valence-corrected chi connectivity index (χ3v) is 2.38. The van der Waals surface area contributed by atoms with Crippen LogP contribution in [0.3, 0.4) is 0 Å². The van der Waals surface area contributed by atoms with Gasteiger partial charge in [0.15, 0.2) is 0 Å². The van der Waals surface area contributed by atoms with Crippen molar-refractivity contribution in [3.63, 3.8) is 0 Å². The number of benzene rings is 1. The first kappa shape index (κ1) is 10.2. The van der Waals surface area contributed by atoms with E-state index in [1.54, 1.807) is 12.1 Å². The van der Waals surface area contributed by atoms with Crippen molar-refractivity contribution >= 4 is 15.9 Å². The van der Waals surface area contributed by atoms with Gasteiger partial charge in [0.2, 0.25) is 0 Å². The van der Waals surface area contributed by atoms with Crippen LogP contribution in [0.15, 0.2) is 34.9 Å². The largest absolute Gasteiger partial charge is 0.334 e. The van der Waals surface area contributed by atoms with Crippen LogP contribution in [0.4, 0.5) is 8.78 Å². The first-order valence-corrected chi connectivity index (χ1v) is 4.92. The molecule has 2 rings (SSSR count). The lowest BCUT2D eigenvalue weighted by atomic mass is 10.2. The molecule has 0 aliphatic rings. The standard InChI is InChI=1S/C9H6BrF2N3/c10-7-3-1-6(2-4-7)8-5-15(9(11)12)14-13-8/h1-5,9H. The van der Waals surface area contributed by atoms with Gasteiger partial charge in [0.25, 0.3) is 0 Å². The summed E-state index contributed by atoms with van der Waals surface area (Å²) < 4.78 is 25.9. The van der Waals surface area contributed by atoms with Gasteiger partial charge in [-0.1, -0.05) is 33.3 Å². The number of alkyl halides is 2. The Hall–Kier alpha value is -1.30. The van der Waals surface area contributed by atoms with E-state index in [1.807, 2.05) is 12.1 Å². The molecule has 0 saturated carbocycles. The highest BCUT2D eigenvalue weighted by Gasteiger charge is 2.09. The van der Waals surface area contributed by atoms with E-state index in [9.17, 15) is 8.78 Å². The Morgan fingerprint density at radius 2 is 1.87 bits per heavy atom. The number of hydrogen-bond acceptors (Lipinski definition) is 2. The minimum atomic E-state index is -2.65. The summed E-state index contributed by atoms with van der Waals surface area (Å²) in [5.41, 5.74) is 1.19. The minimum absolute atomic E-state index is 0.433. The van der Waals surface area contributed by atoms with Crippen LogP contribution < -0.4 is 0 Å². The van der Waals surface area contributed by atoms with E-state index in [-0.39, 0.29) is 0 Å². The highest BCUT2D eigenvalue weighted by atomic mass is 79.9. The molecule has 15 heavy (non-hydrogen) atoms. The van der Waals surface area contributed by atoms with Crippen LogP contribution in [0, 0.1) is 0 Å². The quantitative estimate of drug-likeness (QED) is 0.842. The molecule has 0 bridgehead atoms. The van der Waals surface area contributed by atoms with Crippen molar-refractivity contribution < 1.29 is 8.78 Å². The Morgan fingerprint density at radius 1 is 1.20 bits per heavy atom. The number of hydrogen-bond donors (Lipinski definition) is 0. The summed E-state index contributed by atoms with van der Waals surface area (Å²) in [7, 11) is 0. The molecule has 0 spiro atoms. The molecule has 0 aliphatic heterocycles. The summed E-state index contributed by atoms with van der Waals surface area (Å²) in [6.45, 7) is -2.65. The van der Waals surface area contributed by atoms with Crippen LogP contribution in [-0.4, -0.2) is 15.0 Å². The normalized spacial score (nSPS) is 10.9. The molecular weight excluding hydrogens is 268 g/mol. The Morgan fingerprint density at radius 3 is 2.40 bits per heavy atom. The summed E-state index contributed by atoms with van der Waals surface area (Å²) in [6, 6.07) is 7.20. The summed E-state index contributed by atoms with van der Waals surface area (Å²) in [4.78, 5) is 0. The molecule has 78 valence electrons. The smallest absolute Gasteiger partial charge is 0.191 e. The Bertz CT molecular complexity index is 453. The molecule has 1 aromatic heterocycles. The summed E-state index contributed by atoms with van der Waals surface area (Å²) in [6.07, 6.45) is 1.22. The SMILES string of the molecule is FC(F)n1cc(-c2ccc(Br)cc2)nn1. The van der Waals surface area contributed by atoms with Crippen LogP contribution in [-0.2, 0) is 0 Å². The van der Waals surface area contributed by atoms with Crippen molar-refractivity contribution in [2.45, 2.75) is 6.55 Å². The molecule has 0 saturated heterocycles. The molecule has 0 fully saturated rings. The lowest BCUT2D eigenvalue weighted by Gasteiger charge is -1.95. The monoisotopic (exact) mass is 273 g/mol. The molecule has 2 aromatic rings. The minimum Gasteiger partial charge on any atom is -0.191 e. The lowest BCUT2D eigenvalue weighted by molar-refractivity contribution is 0.0546. The van der Waals surface area contributed by atoms with Crippen LogP contribution in [0.2, 0.25) is 0 Å². The van der Waals surface area contributed by atoms with Crippen LogP contribution in [0.25, 0.3) is 11.3 Å². The van der Waals surface area contributed by atoms with E-state index in [0.717, 1.165) is 10.0 Å². The number of nitrogens with zero attached hydrogens (tertiary/aromatic N) is 3. The summed E-state index contributed by atoms with van der Waals surface area (Å²) in [5.74, 6) is 0. The third-order valence-electron chi connectivity index (χ3n) is 1.85. The van der Waals surface area contributed by atoms with Gasteiger partial charge in [0, 0.05) is 10.0 Å². The predicted molar refractivity (Wildman–Crippen MR) is 54.4 cm³/mol. The second kappa shape index (κ2) is 4.06. The molecule has 0 aliphatic carbocycles. The van der Waals surface area contributed by atoms with Gasteiger partial charge in [-0.05, 0) is 12.1 Å². The lowest BCUT2D eigenvalue weighted by Crippen LogP contribution is -1.97. The number of aromatic nitrogens is 3. The molecule has 0 radical (unpaired) electrons. The molecule has 1 heterocycles. The van der Waals surface area contributed by atoms with Crippen molar-refractivity contribution in [1.29, 1.82) is 0 Å². The van der Waals surface area contributed by atoms with Crippen molar-refractivity contribution in [1.82, 2.24) is 15.0 Å². The zero-order valence-electron chi connectivity index (χ0n) is 7.44.